The Morgan fingerprint density at radius 3 is 2.65 bits per heavy atom. The number of aromatic nitrogens is 2. The van der Waals surface area contributed by atoms with Gasteiger partial charge < -0.3 is 10.2 Å². The number of rotatable bonds is 5. The maximum absolute atomic E-state index is 12.1. The zero-order valence-corrected chi connectivity index (χ0v) is 13.8. The SMILES string of the molecule is O=C(NCCC1=CCCCC1)c1cnc(N2CCCCC2)cn1. The van der Waals surface area contributed by atoms with E-state index in [9.17, 15) is 4.79 Å². The van der Waals surface area contributed by atoms with Crippen LogP contribution in [0.2, 0.25) is 0 Å². The number of amides is 1. The van der Waals surface area contributed by atoms with Crippen molar-refractivity contribution in [2.24, 2.45) is 0 Å². The molecule has 0 saturated carbocycles. The number of piperidine rings is 1. The average Bonchev–Trinajstić information content (AvgIpc) is 2.63. The molecule has 1 aliphatic heterocycles. The van der Waals surface area contributed by atoms with Crippen molar-refractivity contribution in [1.82, 2.24) is 15.3 Å². The molecule has 5 heteroatoms. The summed E-state index contributed by atoms with van der Waals surface area (Å²) in [5, 5.41) is 2.95. The molecule has 124 valence electrons. The van der Waals surface area contributed by atoms with Crippen LogP contribution in [0.4, 0.5) is 5.82 Å². The zero-order chi connectivity index (χ0) is 15.9. The van der Waals surface area contributed by atoms with Crippen molar-refractivity contribution >= 4 is 11.7 Å². The fraction of sp³-hybridized carbons (Fsp3) is 0.611. The summed E-state index contributed by atoms with van der Waals surface area (Å²) in [6, 6.07) is 0. The van der Waals surface area contributed by atoms with Crippen LogP contribution in [0.5, 0.6) is 0 Å². The van der Waals surface area contributed by atoms with Crippen LogP contribution < -0.4 is 10.2 Å². The van der Waals surface area contributed by atoms with Gasteiger partial charge in [-0.2, -0.15) is 0 Å². The number of hydrogen-bond donors (Lipinski definition) is 1. The van der Waals surface area contributed by atoms with Crippen LogP contribution in [0.3, 0.4) is 0 Å². The Morgan fingerprint density at radius 2 is 1.96 bits per heavy atom. The second-order valence-corrected chi connectivity index (χ2v) is 6.42. The molecule has 1 N–H and O–H groups in total. The maximum Gasteiger partial charge on any atom is 0.271 e. The van der Waals surface area contributed by atoms with Gasteiger partial charge in [0.1, 0.15) is 11.5 Å². The van der Waals surface area contributed by atoms with Gasteiger partial charge in [0.15, 0.2) is 0 Å². The van der Waals surface area contributed by atoms with Crippen molar-refractivity contribution in [1.29, 1.82) is 0 Å². The molecule has 0 spiro atoms. The van der Waals surface area contributed by atoms with Gasteiger partial charge in [0.25, 0.3) is 5.91 Å². The Labute approximate surface area is 138 Å². The van der Waals surface area contributed by atoms with Gasteiger partial charge >= 0.3 is 0 Å². The molecule has 1 aromatic heterocycles. The largest absolute Gasteiger partial charge is 0.355 e. The van der Waals surface area contributed by atoms with Crippen molar-refractivity contribution in [3.05, 3.63) is 29.7 Å². The lowest BCUT2D eigenvalue weighted by atomic mass is 9.97. The van der Waals surface area contributed by atoms with Crippen LogP contribution >= 0.6 is 0 Å². The van der Waals surface area contributed by atoms with Crippen LogP contribution in [0.1, 0.15) is 61.9 Å². The molecule has 1 aliphatic carbocycles. The van der Waals surface area contributed by atoms with E-state index in [0.717, 1.165) is 25.3 Å². The predicted molar refractivity (Wildman–Crippen MR) is 91.6 cm³/mol. The van der Waals surface area contributed by atoms with E-state index >= 15 is 0 Å². The molecule has 0 aromatic carbocycles. The number of nitrogens with one attached hydrogen (secondary N) is 1. The third-order valence-electron chi connectivity index (χ3n) is 4.67. The van der Waals surface area contributed by atoms with Gasteiger partial charge in [-0.25, -0.2) is 9.97 Å². The summed E-state index contributed by atoms with van der Waals surface area (Å²) < 4.78 is 0. The number of hydrogen-bond acceptors (Lipinski definition) is 4. The van der Waals surface area contributed by atoms with Gasteiger partial charge in [-0.3, -0.25) is 4.79 Å². The third-order valence-corrected chi connectivity index (χ3v) is 4.67. The van der Waals surface area contributed by atoms with Crippen LogP contribution in [-0.2, 0) is 0 Å². The molecule has 1 fully saturated rings. The normalized spacial score (nSPS) is 18.4. The average molecular weight is 314 g/mol. The minimum atomic E-state index is -0.126. The van der Waals surface area contributed by atoms with Crippen molar-refractivity contribution in [2.45, 2.75) is 51.4 Å². The molecule has 0 unspecified atom stereocenters. The Balaban J connectivity index is 1.48. The van der Waals surface area contributed by atoms with E-state index in [-0.39, 0.29) is 5.91 Å². The van der Waals surface area contributed by atoms with Crippen LogP contribution in [0.15, 0.2) is 24.0 Å². The van der Waals surface area contributed by atoms with E-state index < -0.39 is 0 Å². The van der Waals surface area contributed by atoms with E-state index in [1.54, 1.807) is 12.4 Å². The number of nitrogens with zero attached hydrogens (tertiary/aromatic N) is 3. The molecule has 5 nitrogen and oxygen atoms in total. The predicted octanol–water partition coefficient (Wildman–Crippen LogP) is 3.09. The van der Waals surface area contributed by atoms with Gasteiger partial charge in [0, 0.05) is 19.6 Å². The van der Waals surface area contributed by atoms with Crippen molar-refractivity contribution < 1.29 is 4.79 Å². The van der Waals surface area contributed by atoms with Gasteiger partial charge in [-0.1, -0.05) is 11.6 Å². The highest BCUT2D eigenvalue weighted by Crippen LogP contribution is 2.19. The van der Waals surface area contributed by atoms with Crippen LogP contribution in [-0.4, -0.2) is 35.5 Å². The highest BCUT2D eigenvalue weighted by atomic mass is 16.1. The Hall–Kier alpha value is -1.91. The molecule has 0 atom stereocenters. The molecular formula is C18H26N4O. The summed E-state index contributed by atoms with van der Waals surface area (Å²) >= 11 is 0. The van der Waals surface area contributed by atoms with Gasteiger partial charge in [0.05, 0.1) is 12.4 Å². The lowest BCUT2D eigenvalue weighted by Crippen LogP contribution is -2.31. The first kappa shape index (κ1) is 16.0. The van der Waals surface area contributed by atoms with E-state index in [1.165, 1.54) is 50.5 Å². The molecule has 3 rings (SSSR count). The first-order valence-corrected chi connectivity index (χ1v) is 8.86. The monoisotopic (exact) mass is 314 g/mol. The molecule has 2 aliphatic rings. The Kier molecular flexibility index (Phi) is 5.61. The summed E-state index contributed by atoms with van der Waals surface area (Å²) in [5.74, 6) is 0.757. The molecule has 1 aromatic rings. The first-order chi connectivity index (χ1) is 11.3. The van der Waals surface area contributed by atoms with E-state index in [0.29, 0.717) is 12.2 Å². The van der Waals surface area contributed by atoms with Gasteiger partial charge in [-0.15, -0.1) is 0 Å². The van der Waals surface area contributed by atoms with Crippen molar-refractivity contribution in [3.63, 3.8) is 0 Å². The highest BCUT2D eigenvalue weighted by Gasteiger charge is 2.14. The summed E-state index contributed by atoms with van der Waals surface area (Å²) in [5.41, 5.74) is 1.88. The van der Waals surface area contributed by atoms with E-state index in [2.05, 4.69) is 26.3 Å². The van der Waals surface area contributed by atoms with Crippen molar-refractivity contribution in [2.75, 3.05) is 24.5 Å². The van der Waals surface area contributed by atoms with Crippen molar-refractivity contribution in [3.8, 4) is 0 Å². The number of anilines is 1. The molecule has 23 heavy (non-hydrogen) atoms. The molecule has 0 radical (unpaired) electrons. The van der Waals surface area contributed by atoms with Gasteiger partial charge in [0.2, 0.25) is 0 Å². The van der Waals surface area contributed by atoms with Crippen LogP contribution in [0, 0.1) is 0 Å². The lowest BCUT2D eigenvalue weighted by Gasteiger charge is -2.27. The van der Waals surface area contributed by atoms with Crippen LogP contribution in [0.25, 0.3) is 0 Å². The third kappa shape index (κ3) is 4.53. The zero-order valence-electron chi connectivity index (χ0n) is 13.8. The number of carbonyl (C=O) groups excluding carboxylic acids is 1. The summed E-state index contributed by atoms with van der Waals surface area (Å²) in [6.45, 7) is 2.75. The minimum absolute atomic E-state index is 0.126. The smallest absolute Gasteiger partial charge is 0.271 e. The first-order valence-electron chi connectivity index (χ1n) is 8.86. The van der Waals surface area contributed by atoms with Gasteiger partial charge in [-0.05, 0) is 51.4 Å². The van der Waals surface area contributed by atoms with E-state index in [1.807, 2.05) is 0 Å². The van der Waals surface area contributed by atoms with E-state index in [4.69, 9.17) is 0 Å². The summed E-state index contributed by atoms with van der Waals surface area (Å²) in [7, 11) is 0. The number of allylic oxidation sites excluding steroid dienone is 1. The maximum atomic E-state index is 12.1. The summed E-state index contributed by atoms with van der Waals surface area (Å²) in [6.07, 6.45) is 15.3. The standard InChI is InChI=1S/C18H26N4O/c23-18(19-10-9-15-7-3-1-4-8-15)16-13-21-17(14-20-16)22-11-5-2-6-12-22/h7,13-14H,1-6,8-12H2,(H,19,23). The topological polar surface area (TPSA) is 58.1 Å². The highest BCUT2D eigenvalue weighted by molar-refractivity contribution is 5.92. The second-order valence-electron chi connectivity index (χ2n) is 6.42. The minimum Gasteiger partial charge on any atom is -0.355 e. The molecule has 0 bridgehead atoms. The Bertz CT molecular complexity index is 547. The fourth-order valence-corrected chi connectivity index (χ4v) is 3.28. The molecule has 1 amide bonds. The lowest BCUT2D eigenvalue weighted by molar-refractivity contribution is 0.0948. The number of carbonyl (C=O) groups is 1. The molecular weight excluding hydrogens is 288 g/mol. The fourth-order valence-electron chi connectivity index (χ4n) is 3.28. The summed E-state index contributed by atoms with van der Waals surface area (Å²) in [4.78, 5) is 23.1. The Morgan fingerprint density at radius 1 is 1.09 bits per heavy atom. The molecule has 2 heterocycles. The molecule has 1 saturated heterocycles. The quantitative estimate of drug-likeness (QED) is 0.849. The second kappa shape index (κ2) is 8.09.